The Bertz CT molecular complexity index is 504. The van der Waals surface area contributed by atoms with E-state index in [0.29, 0.717) is 6.42 Å². The second kappa shape index (κ2) is 5.57. The van der Waals surface area contributed by atoms with Crippen molar-refractivity contribution in [3.05, 3.63) is 29.3 Å². The lowest BCUT2D eigenvalue weighted by atomic mass is 9.78. The van der Waals surface area contributed by atoms with Crippen molar-refractivity contribution in [2.24, 2.45) is 5.73 Å². The molecule has 0 saturated heterocycles. The summed E-state index contributed by atoms with van der Waals surface area (Å²) in [6.07, 6.45) is 7.49. The summed E-state index contributed by atoms with van der Waals surface area (Å²) >= 11 is 0. The average molecular weight is 273 g/mol. The maximum absolute atomic E-state index is 12.4. The van der Waals surface area contributed by atoms with Gasteiger partial charge in [0.25, 0.3) is 0 Å². The van der Waals surface area contributed by atoms with E-state index in [9.17, 15) is 4.79 Å². The average Bonchev–Trinajstić information content (AvgIpc) is 2.93. The van der Waals surface area contributed by atoms with Crippen LogP contribution in [0, 0.1) is 0 Å². The van der Waals surface area contributed by atoms with Gasteiger partial charge < -0.3 is 10.5 Å². The van der Waals surface area contributed by atoms with Gasteiger partial charge in [-0.15, -0.1) is 0 Å². The Labute approximate surface area is 120 Å². The highest BCUT2D eigenvalue weighted by Gasteiger charge is 2.34. The molecule has 0 spiro atoms. The van der Waals surface area contributed by atoms with Crippen LogP contribution in [0.5, 0.6) is 5.75 Å². The van der Waals surface area contributed by atoms with Crippen LogP contribution in [0.15, 0.2) is 18.2 Å². The molecule has 108 valence electrons. The van der Waals surface area contributed by atoms with Gasteiger partial charge in [-0.25, -0.2) is 0 Å². The number of ketones is 1. The van der Waals surface area contributed by atoms with E-state index in [1.807, 2.05) is 6.07 Å². The van der Waals surface area contributed by atoms with Crippen LogP contribution in [0.2, 0.25) is 0 Å². The Morgan fingerprint density at radius 3 is 2.85 bits per heavy atom. The van der Waals surface area contributed by atoms with Crippen LogP contribution in [0.3, 0.4) is 0 Å². The van der Waals surface area contributed by atoms with Crippen molar-refractivity contribution in [3.8, 4) is 5.75 Å². The fourth-order valence-electron chi connectivity index (χ4n) is 3.36. The molecule has 0 bridgehead atoms. The molecule has 0 amide bonds. The van der Waals surface area contributed by atoms with Gasteiger partial charge in [-0.05, 0) is 36.5 Å². The number of fused-ring (bicyclic) bond motifs is 1. The van der Waals surface area contributed by atoms with Gasteiger partial charge in [-0.2, -0.15) is 0 Å². The monoisotopic (exact) mass is 273 g/mol. The number of hydrogen-bond donors (Lipinski definition) is 1. The number of nitrogens with two attached hydrogens (primary N) is 1. The summed E-state index contributed by atoms with van der Waals surface area (Å²) in [6, 6.07) is 6.28. The van der Waals surface area contributed by atoms with Crippen LogP contribution < -0.4 is 10.5 Å². The molecule has 1 aliphatic carbocycles. The van der Waals surface area contributed by atoms with Crippen LogP contribution in [-0.2, 0) is 17.6 Å². The zero-order valence-corrected chi connectivity index (χ0v) is 12.0. The highest BCUT2D eigenvalue weighted by atomic mass is 16.5. The van der Waals surface area contributed by atoms with E-state index in [4.69, 9.17) is 10.5 Å². The quantitative estimate of drug-likeness (QED) is 0.917. The first-order chi connectivity index (χ1) is 9.67. The molecule has 0 radical (unpaired) electrons. The molecular formula is C17H23NO2. The van der Waals surface area contributed by atoms with Crippen molar-refractivity contribution < 1.29 is 9.53 Å². The third-order valence-corrected chi connectivity index (χ3v) is 4.70. The Hall–Kier alpha value is -1.35. The molecule has 2 N–H and O–H groups in total. The van der Waals surface area contributed by atoms with Crippen molar-refractivity contribution in [2.45, 2.75) is 56.9 Å². The lowest BCUT2D eigenvalue weighted by molar-refractivity contribution is -0.125. The van der Waals surface area contributed by atoms with Crippen molar-refractivity contribution in [3.63, 3.8) is 0 Å². The lowest BCUT2D eigenvalue weighted by Crippen LogP contribution is -2.49. The molecule has 1 fully saturated rings. The van der Waals surface area contributed by atoms with Gasteiger partial charge in [0.05, 0.1) is 12.1 Å². The Kier molecular flexibility index (Phi) is 3.79. The second-order valence-electron chi connectivity index (χ2n) is 6.18. The summed E-state index contributed by atoms with van der Waals surface area (Å²) < 4.78 is 5.50. The van der Waals surface area contributed by atoms with Crippen molar-refractivity contribution >= 4 is 5.78 Å². The van der Waals surface area contributed by atoms with Gasteiger partial charge in [0.2, 0.25) is 0 Å². The summed E-state index contributed by atoms with van der Waals surface area (Å²) in [5, 5.41) is 0. The fraction of sp³-hybridized carbons (Fsp3) is 0.588. The maximum atomic E-state index is 12.4. The summed E-state index contributed by atoms with van der Waals surface area (Å²) in [5.74, 6) is 1.25. The Morgan fingerprint density at radius 1 is 1.25 bits per heavy atom. The van der Waals surface area contributed by atoms with Crippen molar-refractivity contribution in [1.29, 1.82) is 0 Å². The zero-order chi connectivity index (χ0) is 14.0. The molecule has 1 aromatic carbocycles. The van der Waals surface area contributed by atoms with Crippen LogP contribution in [0.1, 0.15) is 49.7 Å². The number of Topliss-reactive ketones (excluding diaryl/α,β-unsaturated/α-hetero) is 1. The topological polar surface area (TPSA) is 52.3 Å². The van der Waals surface area contributed by atoms with Gasteiger partial charge in [0, 0.05) is 12.8 Å². The first-order valence-electron chi connectivity index (χ1n) is 7.74. The van der Waals surface area contributed by atoms with Gasteiger partial charge in [0.1, 0.15) is 5.75 Å². The van der Waals surface area contributed by atoms with Crippen molar-refractivity contribution in [1.82, 2.24) is 0 Å². The van der Waals surface area contributed by atoms with Gasteiger partial charge in [-0.1, -0.05) is 31.4 Å². The van der Waals surface area contributed by atoms with Crippen molar-refractivity contribution in [2.75, 3.05) is 6.61 Å². The Balaban J connectivity index is 1.60. The fourth-order valence-corrected chi connectivity index (χ4v) is 3.36. The van der Waals surface area contributed by atoms with E-state index in [0.717, 1.165) is 50.9 Å². The molecule has 0 atom stereocenters. The second-order valence-corrected chi connectivity index (χ2v) is 6.18. The van der Waals surface area contributed by atoms with Crippen LogP contribution >= 0.6 is 0 Å². The predicted octanol–water partition coefficient (Wildman–Crippen LogP) is 2.78. The number of rotatable bonds is 4. The van der Waals surface area contributed by atoms with Crippen LogP contribution in [0.4, 0.5) is 0 Å². The summed E-state index contributed by atoms with van der Waals surface area (Å²) in [6.45, 7) is 0.781. The minimum Gasteiger partial charge on any atom is -0.493 e. The van der Waals surface area contributed by atoms with E-state index in [2.05, 4.69) is 12.1 Å². The van der Waals surface area contributed by atoms with E-state index in [1.165, 1.54) is 17.5 Å². The zero-order valence-electron chi connectivity index (χ0n) is 12.0. The summed E-state index contributed by atoms with van der Waals surface area (Å²) in [5.41, 5.74) is 8.24. The lowest BCUT2D eigenvalue weighted by Gasteiger charge is -2.31. The normalized spacial score (nSPS) is 20.2. The molecule has 1 aliphatic heterocycles. The number of ether oxygens (including phenoxy) is 1. The molecule has 0 aromatic heterocycles. The third kappa shape index (κ3) is 2.73. The summed E-state index contributed by atoms with van der Waals surface area (Å²) in [7, 11) is 0. The molecule has 20 heavy (non-hydrogen) atoms. The molecular weight excluding hydrogens is 250 g/mol. The molecule has 3 nitrogen and oxygen atoms in total. The van der Waals surface area contributed by atoms with E-state index < -0.39 is 5.54 Å². The molecule has 3 rings (SSSR count). The highest BCUT2D eigenvalue weighted by molar-refractivity contribution is 5.88. The van der Waals surface area contributed by atoms with E-state index in [-0.39, 0.29) is 5.78 Å². The molecule has 0 unspecified atom stereocenters. The van der Waals surface area contributed by atoms with Gasteiger partial charge >= 0.3 is 0 Å². The SMILES string of the molecule is NC1(C(=O)CCc2ccc3c(c2)CCO3)CCCCC1. The Morgan fingerprint density at radius 2 is 2.05 bits per heavy atom. The minimum absolute atomic E-state index is 0.244. The van der Waals surface area contributed by atoms with Gasteiger partial charge in [-0.3, -0.25) is 4.79 Å². The highest BCUT2D eigenvalue weighted by Crippen LogP contribution is 2.29. The first kappa shape index (κ1) is 13.6. The van der Waals surface area contributed by atoms with Gasteiger partial charge in [0.15, 0.2) is 5.78 Å². The first-order valence-corrected chi connectivity index (χ1v) is 7.74. The standard InChI is InChI=1S/C17H23NO2/c18-17(9-2-1-3-10-17)16(19)7-5-13-4-6-15-14(12-13)8-11-20-15/h4,6,12H,1-3,5,7-11,18H2. The molecule has 1 aromatic rings. The van der Waals surface area contributed by atoms with Crippen LogP contribution in [0.25, 0.3) is 0 Å². The number of benzene rings is 1. The number of hydrogen-bond acceptors (Lipinski definition) is 3. The third-order valence-electron chi connectivity index (χ3n) is 4.70. The van der Waals surface area contributed by atoms with E-state index in [1.54, 1.807) is 0 Å². The minimum atomic E-state index is -0.544. The molecule has 2 aliphatic rings. The smallest absolute Gasteiger partial charge is 0.152 e. The number of carbonyl (C=O) groups excluding carboxylic acids is 1. The predicted molar refractivity (Wildman–Crippen MR) is 79.0 cm³/mol. The maximum Gasteiger partial charge on any atom is 0.152 e. The molecule has 1 saturated carbocycles. The largest absolute Gasteiger partial charge is 0.493 e. The van der Waals surface area contributed by atoms with Crippen LogP contribution in [-0.4, -0.2) is 17.9 Å². The van der Waals surface area contributed by atoms with E-state index >= 15 is 0 Å². The number of aryl methyl sites for hydroxylation is 1. The molecule has 1 heterocycles. The summed E-state index contributed by atoms with van der Waals surface area (Å²) in [4.78, 5) is 12.4. The number of carbonyl (C=O) groups is 1. The molecule has 3 heteroatoms.